The number of nitrogens with zero attached hydrogens (tertiary/aromatic N) is 3. The summed E-state index contributed by atoms with van der Waals surface area (Å²) in [6.07, 6.45) is 1.26. The molecule has 122 valence electrons. The highest BCUT2D eigenvalue weighted by molar-refractivity contribution is 5.73. The van der Waals surface area contributed by atoms with Crippen LogP contribution in [0.15, 0.2) is 30.6 Å². The van der Waals surface area contributed by atoms with Crippen LogP contribution in [0.25, 0.3) is 0 Å². The molecule has 0 aliphatic carbocycles. The topological polar surface area (TPSA) is 111 Å². The summed E-state index contributed by atoms with van der Waals surface area (Å²) >= 11 is 0. The normalized spacial score (nSPS) is 10.2. The lowest BCUT2D eigenvalue weighted by Gasteiger charge is -2.10. The van der Waals surface area contributed by atoms with Crippen molar-refractivity contribution in [2.45, 2.75) is 0 Å². The van der Waals surface area contributed by atoms with Crippen molar-refractivity contribution in [3.63, 3.8) is 0 Å². The Morgan fingerprint density at radius 1 is 1.17 bits per heavy atom. The Balaban J connectivity index is 2.25. The van der Waals surface area contributed by atoms with E-state index >= 15 is 0 Å². The summed E-state index contributed by atoms with van der Waals surface area (Å²) in [5, 5.41) is 17.1. The van der Waals surface area contributed by atoms with E-state index in [9.17, 15) is 10.1 Å². The van der Waals surface area contributed by atoms with Crippen molar-refractivity contribution < 1.29 is 14.4 Å². The van der Waals surface area contributed by atoms with Crippen molar-refractivity contribution in [1.82, 2.24) is 9.97 Å². The molecule has 0 radical (unpaired) electrons. The van der Waals surface area contributed by atoms with E-state index in [1.165, 1.54) is 6.33 Å². The Kier molecular flexibility index (Phi) is 5.64. The maximum absolute atomic E-state index is 11.4. The zero-order valence-corrected chi connectivity index (χ0v) is 12.8. The molecule has 2 aromatic rings. The number of hydrogen-bond acceptors (Lipinski definition) is 8. The minimum absolute atomic E-state index is 0.107. The molecule has 0 spiro atoms. The second-order valence-corrected chi connectivity index (χ2v) is 4.45. The molecule has 1 aromatic carbocycles. The van der Waals surface area contributed by atoms with Crippen LogP contribution >= 0.6 is 0 Å². The van der Waals surface area contributed by atoms with Crippen molar-refractivity contribution in [3.05, 3.63) is 40.7 Å². The molecule has 0 saturated heterocycles. The van der Waals surface area contributed by atoms with E-state index in [0.717, 1.165) is 0 Å². The Labute approximate surface area is 132 Å². The Morgan fingerprint density at radius 3 is 2.48 bits per heavy atom. The molecule has 0 atom stereocenters. The van der Waals surface area contributed by atoms with Crippen LogP contribution in [-0.2, 0) is 4.74 Å². The molecule has 0 unspecified atom stereocenters. The van der Waals surface area contributed by atoms with Gasteiger partial charge in [0.05, 0.1) is 18.6 Å². The highest BCUT2D eigenvalue weighted by Gasteiger charge is 2.22. The summed E-state index contributed by atoms with van der Waals surface area (Å²) in [5.74, 6) is 0.933. The first kappa shape index (κ1) is 16.4. The standard InChI is InChI=1S/C14H17N5O4/c1-22-8-7-15-13-12(19(20)21)14(17-9-16-13)18-10-3-5-11(23-2)6-4-10/h3-6,9H,7-8H2,1-2H3,(H2,15,16,17,18). The summed E-state index contributed by atoms with van der Waals surface area (Å²) < 4.78 is 9.98. The number of methoxy groups -OCH3 is 2. The number of anilines is 3. The van der Waals surface area contributed by atoms with Gasteiger partial charge in [-0.2, -0.15) is 0 Å². The van der Waals surface area contributed by atoms with Crippen LogP contribution in [0.2, 0.25) is 0 Å². The van der Waals surface area contributed by atoms with Crippen LogP contribution < -0.4 is 15.4 Å². The quantitative estimate of drug-likeness (QED) is 0.432. The molecule has 1 aromatic heterocycles. The number of hydrogen-bond donors (Lipinski definition) is 2. The average Bonchev–Trinajstić information content (AvgIpc) is 2.55. The molecule has 9 nitrogen and oxygen atoms in total. The monoisotopic (exact) mass is 319 g/mol. The second kappa shape index (κ2) is 7.90. The molecule has 0 amide bonds. The Bertz CT molecular complexity index is 663. The van der Waals surface area contributed by atoms with E-state index in [2.05, 4.69) is 20.6 Å². The molecule has 2 N–H and O–H groups in total. The van der Waals surface area contributed by atoms with E-state index in [0.29, 0.717) is 24.6 Å². The molecule has 1 heterocycles. The SMILES string of the molecule is COCCNc1ncnc(Nc2ccc(OC)cc2)c1[N+](=O)[O-]. The lowest BCUT2D eigenvalue weighted by atomic mass is 10.3. The average molecular weight is 319 g/mol. The van der Waals surface area contributed by atoms with Gasteiger partial charge in [-0.25, -0.2) is 9.97 Å². The van der Waals surface area contributed by atoms with Crippen molar-refractivity contribution in [3.8, 4) is 5.75 Å². The molecular weight excluding hydrogens is 302 g/mol. The molecule has 9 heteroatoms. The summed E-state index contributed by atoms with van der Waals surface area (Å²) in [6, 6.07) is 6.96. The lowest BCUT2D eigenvalue weighted by Crippen LogP contribution is -2.12. The molecule has 0 aliphatic heterocycles. The van der Waals surface area contributed by atoms with Gasteiger partial charge in [0.2, 0.25) is 11.6 Å². The lowest BCUT2D eigenvalue weighted by molar-refractivity contribution is -0.383. The highest BCUT2D eigenvalue weighted by Crippen LogP contribution is 2.31. The van der Waals surface area contributed by atoms with Crippen molar-refractivity contribution in [2.24, 2.45) is 0 Å². The van der Waals surface area contributed by atoms with Gasteiger partial charge < -0.3 is 20.1 Å². The highest BCUT2D eigenvalue weighted by atomic mass is 16.6. The number of nitrogens with one attached hydrogen (secondary N) is 2. The first-order valence-corrected chi connectivity index (χ1v) is 6.79. The summed E-state index contributed by atoms with van der Waals surface area (Å²) in [5.41, 5.74) is 0.426. The third kappa shape index (κ3) is 4.27. The zero-order chi connectivity index (χ0) is 16.7. The number of aromatic nitrogens is 2. The molecule has 0 bridgehead atoms. The van der Waals surface area contributed by atoms with Gasteiger partial charge in [-0.15, -0.1) is 0 Å². The van der Waals surface area contributed by atoms with E-state index in [-0.39, 0.29) is 17.3 Å². The van der Waals surface area contributed by atoms with Gasteiger partial charge >= 0.3 is 5.69 Å². The minimum Gasteiger partial charge on any atom is -0.497 e. The Hall–Kier alpha value is -2.94. The Morgan fingerprint density at radius 2 is 1.87 bits per heavy atom. The minimum atomic E-state index is -0.527. The van der Waals surface area contributed by atoms with Gasteiger partial charge in [0.1, 0.15) is 12.1 Å². The zero-order valence-electron chi connectivity index (χ0n) is 12.8. The fourth-order valence-corrected chi connectivity index (χ4v) is 1.86. The van der Waals surface area contributed by atoms with Crippen LogP contribution in [0.3, 0.4) is 0 Å². The molecule has 0 fully saturated rings. The van der Waals surface area contributed by atoms with Crippen molar-refractivity contribution in [2.75, 3.05) is 38.0 Å². The third-order valence-corrected chi connectivity index (χ3v) is 2.96. The molecule has 0 aliphatic rings. The number of rotatable bonds is 8. The smallest absolute Gasteiger partial charge is 0.353 e. The first-order valence-electron chi connectivity index (χ1n) is 6.79. The van der Waals surface area contributed by atoms with E-state index in [1.54, 1.807) is 38.5 Å². The van der Waals surface area contributed by atoms with E-state index < -0.39 is 4.92 Å². The van der Waals surface area contributed by atoms with Crippen molar-refractivity contribution >= 4 is 23.0 Å². The largest absolute Gasteiger partial charge is 0.497 e. The second-order valence-electron chi connectivity index (χ2n) is 4.45. The predicted molar refractivity (Wildman–Crippen MR) is 85.3 cm³/mol. The summed E-state index contributed by atoms with van der Waals surface area (Å²) in [6.45, 7) is 0.804. The maximum Gasteiger partial charge on any atom is 0.353 e. The number of benzene rings is 1. The molecule has 23 heavy (non-hydrogen) atoms. The molecule has 0 saturated carbocycles. The van der Waals surface area contributed by atoms with E-state index in [4.69, 9.17) is 9.47 Å². The number of nitro groups is 1. The van der Waals surface area contributed by atoms with E-state index in [1.807, 2.05) is 0 Å². The van der Waals surface area contributed by atoms with Gasteiger partial charge in [-0.05, 0) is 24.3 Å². The van der Waals surface area contributed by atoms with Crippen molar-refractivity contribution in [1.29, 1.82) is 0 Å². The van der Waals surface area contributed by atoms with Crippen LogP contribution in [0.5, 0.6) is 5.75 Å². The third-order valence-electron chi connectivity index (χ3n) is 2.96. The van der Waals surface area contributed by atoms with Gasteiger partial charge in [-0.1, -0.05) is 0 Å². The van der Waals surface area contributed by atoms with Gasteiger partial charge in [0, 0.05) is 19.3 Å². The fraction of sp³-hybridized carbons (Fsp3) is 0.286. The predicted octanol–water partition coefficient (Wildman–Crippen LogP) is 2.20. The maximum atomic E-state index is 11.4. The number of ether oxygens (including phenoxy) is 2. The van der Waals surface area contributed by atoms with Crippen LogP contribution in [-0.4, -0.2) is 42.3 Å². The van der Waals surface area contributed by atoms with Gasteiger partial charge in [-0.3, -0.25) is 10.1 Å². The van der Waals surface area contributed by atoms with Crippen LogP contribution in [0.4, 0.5) is 23.0 Å². The van der Waals surface area contributed by atoms with Gasteiger partial charge in [0.25, 0.3) is 0 Å². The summed E-state index contributed by atoms with van der Waals surface area (Å²) in [7, 11) is 3.11. The van der Waals surface area contributed by atoms with Gasteiger partial charge in [0.15, 0.2) is 0 Å². The fourth-order valence-electron chi connectivity index (χ4n) is 1.86. The summed E-state index contributed by atoms with van der Waals surface area (Å²) in [4.78, 5) is 18.7. The molecule has 2 rings (SSSR count). The van der Waals surface area contributed by atoms with Crippen LogP contribution in [0.1, 0.15) is 0 Å². The first-order chi connectivity index (χ1) is 11.2. The van der Waals surface area contributed by atoms with Crippen LogP contribution in [0, 0.1) is 10.1 Å². The molecular formula is C14H17N5O4.